The first kappa shape index (κ1) is 14.5. The molecule has 20 heavy (non-hydrogen) atoms. The summed E-state index contributed by atoms with van der Waals surface area (Å²) in [6, 6.07) is 8.60. The summed E-state index contributed by atoms with van der Waals surface area (Å²) in [6.45, 7) is 2.18. The van der Waals surface area contributed by atoms with Crippen molar-refractivity contribution in [1.82, 2.24) is 5.32 Å². The van der Waals surface area contributed by atoms with Crippen LogP contribution in [-0.2, 0) is 14.3 Å². The Morgan fingerprint density at radius 1 is 1.35 bits per heavy atom. The largest absolute Gasteiger partial charge is 0.481 e. The van der Waals surface area contributed by atoms with Gasteiger partial charge in [-0.1, -0.05) is 30.3 Å². The molecule has 3 unspecified atom stereocenters. The van der Waals surface area contributed by atoms with Crippen molar-refractivity contribution in [3.63, 3.8) is 0 Å². The fourth-order valence-electron chi connectivity index (χ4n) is 2.33. The van der Waals surface area contributed by atoms with Crippen molar-refractivity contribution >= 4 is 11.9 Å². The molecule has 1 fully saturated rings. The second-order valence-corrected chi connectivity index (χ2v) is 5.03. The summed E-state index contributed by atoms with van der Waals surface area (Å²) in [5.41, 5.74) is 0.786. The molecule has 2 rings (SSSR count). The van der Waals surface area contributed by atoms with Crippen molar-refractivity contribution in [2.45, 2.75) is 31.9 Å². The van der Waals surface area contributed by atoms with E-state index in [0.29, 0.717) is 13.0 Å². The number of nitrogens with one attached hydrogen (secondary N) is 1. The molecule has 1 aromatic carbocycles. The van der Waals surface area contributed by atoms with Crippen LogP contribution >= 0.6 is 0 Å². The van der Waals surface area contributed by atoms with Crippen molar-refractivity contribution < 1.29 is 19.4 Å². The zero-order chi connectivity index (χ0) is 14.5. The van der Waals surface area contributed by atoms with Crippen LogP contribution in [0.4, 0.5) is 0 Å². The number of rotatable bonds is 5. The molecule has 1 aliphatic rings. The number of benzene rings is 1. The maximum atomic E-state index is 12.1. The Balaban J connectivity index is 2.14. The van der Waals surface area contributed by atoms with Crippen molar-refractivity contribution in [2.75, 3.05) is 6.61 Å². The Morgan fingerprint density at radius 2 is 2.05 bits per heavy atom. The third kappa shape index (κ3) is 3.36. The topological polar surface area (TPSA) is 75.6 Å². The highest BCUT2D eigenvalue weighted by atomic mass is 16.5. The maximum Gasteiger partial charge on any atom is 0.308 e. The minimum absolute atomic E-state index is 0.232. The van der Waals surface area contributed by atoms with Crippen LogP contribution < -0.4 is 5.32 Å². The second kappa shape index (κ2) is 6.52. The molecule has 108 valence electrons. The number of carbonyl (C=O) groups excluding carboxylic acids is 1. The Kier molecular flexibility index (Phi) is 4.74. The summed E-state index contributed by atoms with van der Waals surface area (Å²) in [4.78, 5) is 23.4. The lowest BCUT2D eigenvalue weighted by atomic mass is 9.94. The van der Waals surface area contributed by atoms with Crippen LogP contribution in [0.3, 0.4) is 0 Å². The van der Waals surface area contributed by atoms with Crippen LogP contribution in [0.2, 0.25) is 0 Å². The van der Waals surface area contributed by atoms with Gasteiger partial charge in [-0.25, -0.2) is 0 Å². The zero-order valence-electron chi connectivity index (χ0n) is 11.4. The Bertz CT molecular complexity index is 468. The molecular weight excluding hydrogens is 258 g/mol. The molecule has 0 bridgehead atoms. The Labute approximate surface area is 117 Å². The fraction of sp³-hybridized carbons (Fsp3) is 0.467. The van der Waals surface area contributed by atoms with Gasteiger partial charge >= 0.3 is 5.97 Å². The van der Waals surface area contributed by atoms with Gasteiger partial charge in [0, 0.05) is 6.61 Å². The number of ether oxygens (including phenoxy) is 1. The summed E-state index contributed by atoms with van der Waals surface area (Å²) < 4.78 is 5.33. The van der Waals surface area contributed by atoms with Gasteiger partial charge in [-0.3, -0.25) is 9.59 Å². The normalized spacial score (nSPS) is 21.1. The van der Waals surface area contributed by atoms with Gasteiger partial charge in [-0.05, 0) is 25.3 Å². The molecule has 5 nitrogen and oxygen atoms in total. The van der Waals surface area contributed by atoms with E-state index in [1.54, 1.807) is 6.92 Å². The first-order valence-electron chi connectivity index (χ1n) is 6.79. The summed E-state index contributed by atoms with van der Waals surface area (Å²) in [6.07, 6.45) is 1.10. The van der Waals surface area contributed by atoms with Gasteiger partial charge in [0.05, 0.1) is 12.0 Å². The van der Waals surface area contributed by atoms with Crippen LogP contribution in [0.1, 0.15) is 31.4 Å². The second-order valence-electron chi connectivity index (χ2n) is 5.03. The predicted octanol–water partition coefficient (Wildman–Crippen LogP) is 1.74. The molecular formula is C15H19NO4. The predicted molar refractivity (Wildman–Crippen MR) is 73.1 cm³/mol. The van der Waals surface area contributed by atoms with Gasteiger partial charge in [0.15, 0.2) is 0 Å². The van der Waals surface area contributed by atoms with E-state index < -0.39 is 24.0 Å². The molecule has 1 aromatic rings. The van der Waals surface area contributed by atoms with Gasteiger partial charge in [-0.15, -0.1) is 0 Å². The van der Waals surface area contributed by atoms with Gasteiger partial charge in [0.1, 0.15) is 6.10 Å². The average molecular weight is 277 g/mol. The van der Waals surface area contributed by atoms with Gasteiger partial charge in [0.2, 0.25) is 5.91 Å². The molecule has 2 N–H and O–H groups in total. The molecule has 1 saturated heterocycles. The molecule has 0 aromatic heterocycles. The van der Waals surface area contributed by atoms with E-state index in [9.17, 15) is 14.7 Å². The Hall–Kier alpha value is -1.88. The Morgan fingerprint density at radius 3 is 2.60 bits per heavy atom. The van der Waals surface area contributed by atoms with E-state index in [1.165, 1.54) is 0 Å². The van der Waals surface area contributed by atoms with E-state index in [-0.39, 0.29) is 5.91 Å². The zero-order valence-corrected chi connectivity index (χ0v) is 11.4. The third-order valence-corrected chi connectivity index (χ3v) is 3.57. The standard InChI is InChI=1S/C15H19NO4/c1-10(15(18)19)13(11-6-3-2-4-7-11)16-14(17)12-8-5-9-20-12/h2-4,6-7,10,12-13H,5,8-9H2,1H3,(H,16,17)(H,18,19). The number of carbonyl (C=O) groups is 2. The molecule has 0 aliphatic carbocycles. The monoisotopic (exact) mass is 277 g/mol. The van der Waals surface area contributed by atoms with E-state index in [1.807, 2.05) is 30.3 Å². The lowest BCUT2D eigenvalue weighted by Crippen LogP contribution is -2.40. The number of hydrogen-bond acceptors (Lipinski definition) is 3. The third-order valence-electron chi connectivity index (χ3n) is 3.57. The van der Waals surface area contributed by atoms with Crippen LogP contribution in [0, 0.1) is 5.92 Å². The van der Waals surface area contributed by atoms with Crippen molar-refractivity contribution in [3.8, 4) is 0 Å². The number of carboxylic acid groups (broad SMARTS) is 1. The van der Waals surface area contributed by atoms with E-state index in [0.717, 1.165) is 12.0 Å². The number of hydrogen-bond donors (Lipinski definition) is 2. The minimum Gasteiger partial charge on any atom is -0.481 e. The van der Waals surface area contributed by atoms with Crippen molar-refractivity contribution in [2.24, 2.45) is 5.92 Å². The lowest BCUT2D eigenvalue weighted by Gasteiger charge is -2.24. The molecule has 1 amide bonds. The van der Waals surface area contributed by atoms with Gasteiger partial charge < -0.3 is 15.2 Å². The first-order chi connectivity index (χ1) is 9.59. The lowest BCUT2D eigenvalue weighted by molar-refractivity contribution is -0.143. The van der Waals surface area contributed by atoms with Crippen LogP contribution in [0.25, 0.3) is 0 Å². The molecule has 0 saturated carbocycles. The number of aliphatic carboxylic acids is 1. The number of amides is 1. The quantitative estimate of drug-likeness (QED) is 0.859. The minimum atomic E-state index is -0.938. The van der Waals surface area contributed by atoms with E-state index in [4.69, 9.17) is 4.74 Å². The fourth-order valence-corrected chi connectivity index (χ4v) is 2.33. The highest BCUT2D eigenvalue weighted by molar-refractivity contribution is 5.82. The average Bonchev–Trinajstić information content (AvgIpc) is 2.99. The SMILES string of the molecule is CC(C(=O)O)C(NC(=O)C1CCCO1)c1ccccc1. The van der Waals surface area contributed by atoms with Crippen molar-refractivity contribution in [1.29, 1.82) is 0 Å². The highest BCUT2D eigenvalue weighted by Crippen LogP contribution is 2.23. The summed E-state index contributed by atoms with van der Waals surface area (Å²) in [5, 5.41) is 12.0. The smallest absolute Gasteiger partial charge is 0.308 e. The molecule has 0 radical (unpaired) electrons. The van der Waals surface area contributed by atoms with Gasteiger partial charge in [0.25, 0.3) is 0 Å². The summed E-state index contributed by atoms with van der Waals surface area (Å²) in [7, 11) is 0. The van der Waals surface area contributed by atoms with E-state index >= 15 is 0 Å². The summed E-state index contributed by atoms with van der Waals surface area (Å²) in [5.74, 6) is -1.88. The molecule has 3 atom stereocenters. The number of carboxylic acids is 1. The molecule has 1 heterocycles. The van der Waals surface area contributed by atoms with Crippen LogP contribution in [-0.4, -0.2) is 29.7 Å². The first-order valence-corrected chi connectivity index (χ1v) is 6.79. The summed E-state index contributed by atoms with van der Waals surface area (Å²) >= 11 is 0. The molecule has 5 heteroatoms. The van der Waals surface area contributed by atoms with Gasteiger partial charge in [-0.2, -0.15) is 0 Å². The van der Waals surface area contributed by atoms with Crippen molar-refractivity contribution in [3.05, 3.63) is 35.9 Å². The molecule has 1 aliphatic heterocycles. The molecule has 0 spiro atoms. The van der Waals surface area contributed by atoms with Crippen LogP contribution in [0.5, 0.6) is 0 Å². The maximum absolute atomic E-state index is 12.1. The van der Waals surface area contributed by atoms with Crippen LogP contribution in [0.15, 0.2) is 30.3 Å². The van der Waals surface area contributed by atoms with E-state index in [2.05, 4.69) is 5.32 Å². The highest BCUT2D eigenvalue weighted by Gasteiger charge is 2.30.